The van der Waals surface area contributed by atoms with Gasteiger partial charge in [-0.25, -0.2) is 13.8 Å². The van der Waals surface area contributed by atoms with E-state index in [4.69, 9.17) is 0 Å². The average Bonchev–Trinajstić information content (AvgIpc) is 2.82. The molecule has 0 aliphatic heterocycles. The number of aromatic amines is 1. The molecule has 8 heteroatoms. The minimum atomic E-state index is -0.880. The molecule has 0 radical (unpaired) electrons. The van der Waals surface area contributed by atoms with Crippen molar-refractivity contribution in [1.82, 2.24) is 15.2 Å². The molecule has 0 aliphatic rings. The molecule has 5 nitrogen and oxygen atoms in total. The van der Waals surface area contributed by atoms with Crippen molar-refractivity contribution in [3.63, 3.8) is 0 Å². The highest BCUT2D eigenvalue weighted by molar-refractivity contribution is 9.10. The van der Waals surface area contributed by atoms with Crippen LogP contribution in [-0.4, -0.2) is 21.1 Å². The van der Waals surface area contributed by atoms with Crippen LogP contribution >= 0.6 is 15.9 Å². The summed E-state index contributed by atoms with van der Waals surface area (Å²) < 4.78 is 27.4. The van der Waals surface area contributed by atoms with Gasteiger partial charge in [0.15, 0.2) is 11.6 Å². The summed E-state index contributed by atoms with van der Waals surface area (Å²) in [7, 11) is 0. The number of H-pyrrole nitrogens is 1. The number of carbonyl (C=O) groups excluding carboxylic acids is 1. The Balaban J connectivity index is 2.19. The number of benzene rings is 1. The van der Waals surface area contributed by atoms with Gasteiger partial charge in [0, 0.05) is 10.9 Å². The number of carbonyl (C=O) groups is 1. The van der Waals surface area contributed by atoms with E-state index in [9.17, 15) is 13.6 Å². The first kappa shape index (κ1) is 14.6. The first-order valence-corrected chi connectivity index (χ1v) is 6.67. The predicted molar refractivity (Wildman–Crippen MR) is 72.4 cm³/mol. The van der Waals surface area contributed by atoms with Crippen molar-refractivity contribution in [2.75, 3.05) is 5.32 Å². The molecule has 1 heterocycles. The minimum absolute atomic E-state index is 0.157. The predicted octanol–water partition coefficient (Wildman–Crippen LogP) is 3.05. The van der Waals surface area contributed by atoms with E-state index in [1.54, 1.807) is 0 Å². The van der Waals surface area contributed by atoms with E-state index in [0.29, 0.717) is 12.2 Å². The molecular weight excluding hydrogens is 334 g/mol. The van der Waals surface area contributed by atoms with E-state index >= 15 is 0 Å². The summed E-state index contributed by atoms with van der Waals surface area (Å²) in [6, 6.07) is 2.11. The zero-order valence-corrected chi connectivity index (χ0v) is 12.1. The van der Waals surface area contributed by atoms with Gasteiger partial charge in [0.05, 0.1) is 0 Å². The second kappa shape index (κ2) is 6.08. The van der Waals surface area contributed by atoms with E-state index in [2.05, 4.69) is 36.4 Å². The van der Waals surface area contributed by atoms with Gasteiger partial charge in [0.1, 0.15) is 11.5 Å². The fraction of sp³-hybridized carbons (Fsp3) is 0.250. The van der Waals surface area contributed by atoms with E-state index in [1.807, 2.05) is 6.92 Å². The van der Waals surface area contributed by atoms with Gasteiger partial charge in [0.2, 0.25) is 5.82 Å². The van der Waals surface area contributed by atoms with Crippen LogP contribution in [0.4, 0.5) is 14.5 Å². The van der Waals surface area contributed by atoms with Crippen LogP contribution in [0, 0.1) is 11.6 Å². The minimum Gasteiger partial charge on any atom is -0.314 e. The zero-order chi connectivity index (χ0) is 14.7. The first-order valence-electron chi connectivity index (χ1n) is 5.88. The molecule has 20 heavy (non-hydrogen) atoms. The summed E-state index contributed by atoms with van der Waals surface area (Å²) in [5.41, 5.74) is -0.528. The maximum atomic E-state index is 13.6. The number of amides is 1. The lowest BCUT2D eigenvalue weighted by molar-refractivity contribution is 0.101. The van der Waals surface area contributed by atoms with Crippen molar-refractivity contribution < 1.29 is 13.6 Å². The quantitative estimate of drug-likeness (QED) is 0.895. The Hall–Kier alpha value is -1.83. The molecule has 2 N–H and O–H groups in total. The van der Waals surface area contributed by atoms with Crippen LogP contribution in [0.3, 0.4) is 0 Å². The van der Waals surface area contributed by atoms with Crippen molar-refractivity contribution in [3.8, 4) is 0 Å². The molecule has 1 aromatic heterocycles. The van der Waals surface area contributed by atoms with Gasteiger partial charge in [-0.15, -0.1) is 5.10 Å². The Kier molecular flexibility index (Phi) is 4.43. The maximum Gasteiger partial charge on any atom is 0.295 e. The summed E-state index contributed by atoms with van der Waals surface area (Å²) in [6.07, 6.45) is 1.48. The topological polar surface area (TPSA) is 70.7 Å². The van der Waals surface area contributed by atoms with Gasteiger partial charge in [-0.2, -0.15) is 0 Å². The number of hydrogen-bond acceptors (Lipinski definition) is 3. The van der Waals surface area contributed by atoms with Gasteiger partial charge in [0.25, 0.3) is 5.91 Å². The van der Waals surface area contributed by atoms with E-state index in [-0.39, 0.29) is 10.3 Å². The van der Waals surface area contributed by atoms with Gasteiger partial charge in [-0.3, -0.25) is 9.89 Å². The van der Waals surface area contributed by atoms with Gasteiger partial charge in [-0.05, 0) is 18.6 Å². The lowest BCUT2D eigenvalue weighted by atomic mass is 10.3. The normalized spacial score (nSPS) is 10.6. The Morgan fingerprint density at radius 3 is 2.65 bits per heavy atom. The fourth-order valence-corrected chi connectivity index (χ4v) is 1.98. The molecule has 0 atom stereocenters. The number of nitrogens with zero attached hydrogens (tertiary/aromatic N) is 2. The largest absolute Gasteiger partial charge is 0.314 e. The summed E-state index contributed by atoms with van der Waals surface area (Å²) in [5.74, 6) is -2.14. The maximum absolute atomic E-state index is 13.6. The van der Waals surface area contributed by atoms with Crippen LogP contribution in [-0.2, 0) is 6.42 Å². The molecule has 0 fully saturated rings. The Morgan fingerprint density at radius 1 is 1.40 bits per heavy atom. The van der Waals surface area contributed by atoms with E-state index in [0.717, 1.165) is 18.6 Å². The molecule has 106 valence electrons. The van der Waals surface area contributed by atoms with Crippen LogP contribution in [0.2, 0.25) is 0 Å². The number of halogens is 3. The summed E-state index contributed by atoms with van der Waals surface area (Å²) >= 11 is 2.96. The molecule has 0 bridgehead atoms. The molecule has 0 saturated carbocycles. The van der Waals surface area contributed by atoms with Gasteiger partial charge in [-0.1, -0.05) is 22.9 Å². The second-order valence-corrected chi connectivity index (χ2v) is 4.97. The third kappa shape index (κ3) is 3.19. The van der Waals surface area contributed by atoms with Crippen LogP contribution in [0.1, 0.15) is 29.8 Å². The van der Waals surface area contributed by atoms with Crippen LogP contribution in [0.5, 0.6) is 0 Å². The molecular formula is C12H11BrF2N4O. The van der Waals surface area contributed by atoms with Crippen molar-refractivity contribution in [3.05, 3.63) is 39.9 Å². The molecule has 0 saturated heterocycles. The molecule has 0 unspecified atom stereocenters. The van der Waals surface area contributed by atoms with E-state index in [1.165, 1.54) is 0 Å². The Bertz CT molecular complexity index is 621. The first-order chi connectivity index (χ1) is 9.51. The standard InChI is InChI=1S/C12H11BrF2N4O/c1-2-3-9-16-11(19-18-9)12(20)17-10-7(14)4-6(13)5-8(10)15/h4-5H,2-3H2,1H3,(H,17,20)(H,16,18,19). The average molecular weight is 345 g/mol. The lowest BCUT2D eigenvalue weighted by Gasteiger charge is -2.06. The highest BCUT2D eigenvalue weighted by Gasteiger charge is 2.17. The number of anilines is 1. The highest BCUT2D eigenvalue weighted by atomic mass is 79.9. The monoisotopic (exact) mass is 344 g/mol. The number of aryl methyl sites for hydroxylation is 1. The summed E-state index contributed by atoms with van der Waals surface area (Å²) in [5, 5.41) is 8.42. The molecule has 0 aliphatic carbocycles. The van der Waals surface area contributed by atoms with Crippen molar-refractivity contribution in [2.24, 2.45) is 0 Å². The fourth-order valence-electron chi connectivity index (χ4n) is 1.58. The highest BCUT2D eigenvalue weighted by Crippen LogP contribution is 2.24. The lowest BCUT2D eigenvalue weighted by Crippen LogP contribution is -2.16. The van der Waals surface area contributed by atoms with E-state index < -0.39 is 23.2 Å². The van der Waals surface area contributed by atoms with Crippen molar-refractivity contribution in [1.29, 1.82) is 0 Å². The number of aromatic nitrogens is 3. The third-order valence-corrected chi connectivity index (χ3v) is 2.92. The molecule has 0 spiro atoms. The third-order valence-electron chi connectivity index (χ3n) is 2.47. The molecule has 1 amide bonds. The van der Waals surface area contributed by atoms with Crippen molar-refractivity contribution in [2.45, 2.75) is 19.8 Å². The smallest absolute Gasteiger partial charge is 0.295 e. The SMILES string of the molecule is CCCc1nc(C(=O)Nc2c(F)cc(Br)cc2F)n[nH]1. The number of nitrogens with one attached hydrogen (secondary N) is 2. The van der Waals surface area contributed by atoms with Gasteiger partial charge >= 0.3 is 0 Å². The Morgan fingerprint density at radius 2 is 2.05 bits per heavy atom. The molecule has 2 rings (SSSR count). The molecule has 1 aromatic carbocycles. The summed E-state index contributed by atoms with van der Waals surface area (Å²) in [4.78, 5) is 15.8. The summed E-state index contributed by atoms with van der Waals surface area (Å²) in [6.45, 7) is 1.95. The van der Waals surface area contributed by atoms with Crippen LogP contribution < -0.4 is 5.32 Å². The van der Waals surface area contributed by atoms with Crippen molar-refractivity contribution >= 4 is 27.5 Å². The number of hydrogen-bond donors (Lipinski definition) is 2. The van der Waals surface area contributed by atoms with Crippen LogP contribution in [0.15, 0.2) is 16.6 Å². The van der Waals surface area contributed by atoms with Crippen LogP contribution in [0.25, 0.3) is 0 Å². The zero-order valence-electron chi connectivity index (χ0n) is 10.5. The van der Waals surface area contributed by atoms with Gasteiger partial charge < -0.3 is 5.32 Å². The Labute approximate surface area is 121 Å². The number of rotatable bonds is 4. The molecule has 2 aromatic rings. The second-order valence-electron chi connectivity index (χ2n) is 4.05.